The van der Waals surface area contributed by atoms with Crippen LogP contribution >= 0.6 is 11.6 Å². The van der Waals surface area contributed by atoms with E-state index in [-0.39, 0.29) is 5.41 Å². The molecule has 2 rings (SSSR count). The van der Waals surface area contributed by atoms with E-state index >= 15 is 0 Å². The maximum atomic E-state index is 11.1. The molecule has 2 aliphatic carbocycles. The summed E-state index contributed by atoms with van der Waals surface area (Å²) in [5, 5.41) is 0. The number of rotatable bonds is 5. The summed E-state index contributed by atoms with van der Waals surface area (Å²) in [7, 11) is -2.81. The second kappa shape index (κ2) is 4.49. The highest BCUT2D eigenvalue weighted by atomic mass is 35.5. The summed E-state index contributed by atoms with van der Waals surface area (Å²) in [6.07, 6.45) is 8.38. The van der Waals surface area contributed by atoms with Crippen LogP contribution in [0.15, 0.2) is 0 Å². The molecule has 0 aliphatic heterocycles. The first-order valence-corrected chi connectivity index (χ1v) is 8.78. The van der Waals surface area contributed by atoms with Crippen LogP contribution in [0.5, 0.6) is 0 Å². The first-order valence-electron chi connectivity index (χ1n) is 6.19. The highest BCUT2D eigenvalue weighted by Crippen LogP contribution is 2.58. The third kappa shape index (κ3) is 2.56. The molecule has 2 aliphatic rings. The van der Waals surface area contributed by atoms with E-state index in [1.165, 1.54) is 31.9 Å². The van der Waals surface area contributed by atoms with Crippen molar-refractivity contribution in [2.24, 2.45) is 17.3 Å². The van der Waals surface area contributed by atoms with Gasteiger partial charge in [-0.05, 0) is 49.4 Å². The molecule has 0 saturated heterocycles. The van der Waals surface area contributed by atoms with Gasteiger partial charge in [-0.15, -0.1) is 11.6 Å². The van der Waals surface area contributed by atoms with Crippen LogP contribution in [0.3, 0.4) is 0 Å². The van der Waals surface area contributed by atoms with Crippen molar-refractivity contribution in [3.05, 3.63) is 0 Å². The van der Waals surface area contributed by atoms with Gasteiger partial charge in [0.1, 0.15) is 9.84 Å². The van der Waals surface area contributed by atoms with Gasteiger partial charge in [0.15, 0.2) is 0 Å². The number of sulfone groups is 1. The number of alkyl halides is 1. The van der Waals surface area contributed by atoms with Crippen molar-refractivity contribution in [3.8, 4) is 0 Å². The Morgan fingerprint density at radius 2 is 2.12 bits per heavy atom. The molecule has 0 aromatic heterocycles. The van der Waals surface area contributed by atoms with Crippen LogP contribution in [-0.2, 0) is 9.84 Å². The zero-order valence-corrected chi connectivity index (χ0v) is 11.5. The van der Waals surface area contributed by atoms with Gasteiger partial charge in [0.2, 0.25) is 0 Å². The van der Waals surface area contributed by atoms with Crippen molar-refractivity contribution in [2.75, 3.05) is 17.9 Å². The summed E-state index contributed by atoms with van der Waals surface area (Å²) in [5.41, 5.74) is 0.273. The summed E-state index contributed by atoms with van der Waals surface area (Å²) in [5.74, 6) is 2.69. The van der Waals surface area contributed by atoms with Gasteiger partial charge in [0.25, 0.3) is 0 Å². The zero-order valence-electron chi connectivity index (χ0n) is 9.91. The van der Waals surface area contributed by atoms with Gasteiger partial charge in [-0.2, -0.15) is 0 Å². The number of hydrogen-bond acceptors (Lipinski definition) is 2. The lowest BCUT2D eigenvalue weighted by Gasteiger charge is -2.36. The summed E-state index contributed by atoms with van der Waals surface area (Å²) >= 11 is 6.16. The first kappa shape index (κ1) is 12.7. The molecule has 2 saturated carbocycles. The number of hydrogen-bond donors (Lipinski definition) is 0. The smallest absolute Gasteiger partial charge is 0.147 e. The molecule has 3 unspecified atom stereocenters. The van der Waals surface area contributed by atoms with E-state index in [9.17, 15) is 8.42 Å². The van der Waals surface area contributed by atoms with Crippen LogP contribution in [0.2, 0.25) is 0 Å². The molecule has 0 aromatic rings. The monoisotopic (exact) mass is 264 g/mol. The topological polar surface area (TPSA) is 34.1 Å². The van der Waals surface area contributed by atoms with E-state index in [1.807, 2.05) is 0 Å². The SMILES string of the molecule is CS(=O)(=O)CCCC1(CCl)CC2CCC1C2. The third-order valence-electron chi connectivity index (χ3n) is 4.56. The third-order valence-corrected chi connectivity index (χ3v) is 6.12. The Morgan fingerprint density at radius 3 is 2.56 bits per heavy atom. The molecule has 2 nitrogen and oxygen atoms in total. The van der Waals surface area contributed by atoms with Crippen molar-refractivity contribution < 1.29 is 8.42 Å². The van der Waals surface area contributed by atoms with Gasteiger partial charge in [0, 0.05) is 17.9 Å². The summed E-state index contributed by atoms with van der Waals surface area (Å²) in [4.78, 5) is 0. The second-order valence-electron chi connectivity index (χ2n) is 5.81. The van der Waals surface area contributed by atoms with Crippen LogP contribution in [0.25, 0.3) is 0 Å². The van der Waals surface area contributed by atoms with Crippen molar-refractivity contribution in [3.63, 3.8) is 0 Å². The van der Waals surface area contributed by atoms with E-state index < -0.39 is 9.84 Å². The van der Waals surface area contributed by atoms with Crippen LogP contribution < -0.4 is 0 Å². The van der Waals surface area contributed by atoms with Crippen LogP contribution in [0.4, 0.5) is 0 Å². The zero-order chi connectivity index (χ0) is 11.8. The maximum Gasteiger partial charge on any atom is 0.147 e. The Morgan fingerprint density at radius 1 is 1.38 bits per heavy atom. The Hall–Kier alpha value is 0.240. The predicted octanol–water partition coefficient (Wildman–Crippen LogP) is 2.86. The molecule has 4 heteroatoms. The minimum Gasteiger partial charge on any atom is -0.229 e. The van der Waals surface area contributed by atoms with Crippen LogP contribution in [-0.4, -0.2) is 26.3 Å². The van der Waals surface area contributed by atoms with Crippen molar-refractivity contribution in [1.82, 2.24) is 0 Å². The molecule has 0 aromatic carbocycles. The predicted molar refractivity (Wildman–Crippen MR) is 67.5 cm³/mol. The van der Waals surface area contributed by atoms with Crippen molar-refractivity contribution in [1.29, 1.82) is 0 Å². The average Bonchev–Trinajstić information content (AvgIpc) is 2.75. The Kier molecular flexibility index (Phi) is 3.56. The minimum absolute atomic E-state index is 0.273. The molecule has 2 bridgehead atoms. The first-order chi connectivity index (χ1) is 7.45. The summed E-state index contributed by atoms with van der Waals surface area (Å²) in [6.45, 7) is 0. The largest absolute Gasteiger partial charge is 0.229 e. The molecule has 0 radical (unpaired) electrons. The van der Waals surface area contributed by atoms with E-state index in [0.29, 0.717) is 5.75 Å². The molecule has 0 spiro atoms. The molecule has 94 valence electrons. The Balaban J connectivity index is 1.91. The molecular formula is C12H21ClO2S. The Labute approximate surface area is 104 Å². The molecule has 0 amide bonds. The van der Waals surface area contributed by atoms with Gasteiger partial charge in [-0.3, -0.25) is 0 Å². The van der Waals surface area contributed by atoms with Gasteiger partial charge in [-0.1, -0.05) is 6.42 Å². The van der Waals surface area contributed by atoms with Gasteiger partial charge in [-0.25, -0.2) is 8.42 Å². The fourth-order valence-corrected chi connectivity index (χ4v) is 4.91. The van der Waals surface area contributed by atoms with Gasteiger partial charge >= 0.3 is 0 Å². The van der Waals surface area contributed by atoms with Crippen LogP contribution in [0.1, 0.15) is 38.5 Å². The van der Waals surface area contributed by atoms with Gasteiger partial charge in [0.05, 0.1) is 0 Å². The number of halogens is 1. The molecule has 16 heavy (non-hydrogen) atoms. The standard InChI is InChI=1S/C12H21ClO2S/c1-16(14,15)6-2-5-12(9-13)8-10-3-4-11(12)7-10/h10-11H,2-9H2,1H3. The van der Waals surface area contributed by atoms with E-state index in [0.717, 1.165) is 30.6 Å². The van der Waals surface area contributed by atoms with E-state index in [1.54, 1.807) is 0 Å². The summed E-state index contributed by atoms with van der Waals surface area (Å²) < 4.78 is 22.2. The quantitative estimate of drug-likeness (QED) is 0.716. The summed E-state index contributed by atoms with van der Waals surface area (Å²) in [6, 6.07) is 0. The molecular weight excluding hydrogens is 244 g/mol. The van der Waals surface area contributed by atoms with E-state index in [2.05, 4.69) is 0 Å². The molecule has 0 heterocycles. The lowest BCUT2D eigenvalue weighted by molar-refractivity contribution is 0.177. The Bertz CT molecular complexity index is 352. The van der Waals surface area contributed by atoms with Gasteiger partial charge < -0.3 is 0 Å². The molecule has 2 fully saturated rings. The highest BCUT2D eigenvalue weighted by molar-refractivity contribution is 7.90. The highest BCUT2D eigenvalue weighted by Gasteiger charge is 2.49. The average molecular weight is 265 g/mol. The van der Waals surface area contributed by atoms with Crippen molar-refractivity contribution >= 4 is 21.4 Å². The normalized spacial score (nSPS) is 38.1. The molecule has 3 atom stereocenters. The molecule has 0 N–H and O–H groups in total. The number of fused-ring (bicyclic) bond motifs is 2. The van der Waals surface area contributed by atoms with Crippen molar-refractivity contribution in [2.45, 2.75) is 38.5 Å². The fraction of sp³-hybridized carbons (Fsp3) is 1.00. The second-order valence-corrected chi connectivity index (χ2v) is 8.34. The minimum atomic E-state index is -2.81. The van der Waals surface area contributed by atoms with E-state index in [4.69, 9.17) is 11.6 Å². The lowest BCUT2D eigenvalue weighted by atomic mass is 9.72. The maximum absolute atomic E-state index is 11.1. The fourth-order valence-electron chi connectivity index (χ4n) is 3.78. The lowest BCUT2D eigenvalue weighted by Crippen LogP contribution is -2.30. The van der Waals surface area contributed by atoms with Crippen LogP contribution in [0, 0.1) is 17.3 Å².